The molecule has 128 valence electrons. The molecule has 6 nitrogen and oxygen atoms in total. The van der Waals surface area contributed by atoms with E-state index >= 15 is 0 Å². The van der Waals surface area contributed by atoms with Crippen LogP contribution in [0.25, 0.3) is 0 Å². The van der Waals surface area contributed by atoms with Crippen molar-refractivity contribution in [2.45, 2.75) is 31.8 Å². The van der Waals surface area contributed by atoms with E-state index < -0.39 is 0 Å². The SMILES string of the molecule is COC(CNC1CCCN(C(=O)OCc2ccccc2)C1)OC. The molecule has 0 aromatic heterocycles. The number of hydrogen-bond acceptors (Lipinski definition) is 5. The van der Waals surface area contributed by atoms with Gasteiger partial charge in [-0.15, -0.1) is 0 Å². The van der Waals surface area contributed by atoms with Gasteiger partial charge in [-0.3, -0.25) is 0 Å². The van der Waals surface area contributed by atoms with E-state index in [-0.39, 0.29) is 18.4 Å². The van der Waals surface area contributed by atoms with E-state index in [0.29, 0.717) is 19.7 Å². The summed E-state index contributed by atoms with van der Waals surface area (Å²) in [7, 11) is 3.23. The van der Waals surface area contributed by atoms with Crippen LogP contribution in [0.4, 0.5) is 4.79 Å². The van der Waals surface area contributed by atoms with Crippen LogP contribution in [-0.4, -0.2) is 57.2 Å². The normalized spacial score (nSPS) is 18.2. The van der Waals surface area contributed by atoms with Crippen molar-refractivity contribution in [2.75, 3.05) is 33.9 Å². The van der Waals surface area contributed by atoms with Gasteiger partial charge >= 0.3 is 6.09 Å². The molecule has 1 unspecified atom stereocenters. The minimum absolute atomic E-state index is 0.237. The Morgan fingerprint density at radius 3 is 2.74 bits per heavy atom. The van der Waals surface area contributed by atoms with E-state index in [2.05, 4.69) is 5.32 Å². The van der Waals surface area contributed by atoms with Crippen molar-refractivity contribution in [3.63, 3.8) is 0 Å². The largest absolute Gasteiger partial charge is 0.445 e. The molecule has 1 aromatic rings. The lowest BCUT2D eigenvalue weighted by Crippen LogP contribution is -2.49. The van der Waals surface area contributed by atoms with Gasteiger partial charge in [0.05, 0.1) is 0 Å². The summed E-state index contributed by atoms with van der Waals surface area (Å²) in [5.74, 6) is 0. The molecule has 1 N–H and O–H groups in total. The fourth-order valence-electron chi connectivity index (χ4n) is 2.65. The Balaban J connectivity index is 1.75. The van der Waals surface area contributed by atoms with Gasteiger partial charge in [-0.1, -0.05) is 30.3 Å². The molecule has 1 fully saturated rings. The minimum Gasteiger partial charge on any atom is -0.445 e. The highest BCUT2D eigenvalue weighted by molar-refractivity contribution is 5.67. The molecule has 1 aliphatic rings. The molecule has 0 spiro atoms. The van der Waals surface area contributed by atoms with Gasteiger partial charge in [-0.2, -0.15) is 0 Å². The van der Waals surface area contributed by atoms with E-state index in [1.165, 1.54) is 0 Å². The number of carbonyl (C=O) groups is 1. The van der Waals surface area contributed by atoms with Crippen LogP contribution in [0.2, 0.25) is 0 Å². The van der Waals surface area contributed by atoms with Crippen LogP contribution >= 0.6 is 0 Å². The number of ether oxygens (including phenoxy) is 3. The molecule has 1 aliphatic heterocycles. The molecule has 2 rings (SSSR count). The first kappa shape index (κ1) is 17.7. The first-order valence-electron chi connectivity index (χ1n) is 7.97. The number of methoxy groups -OCH3 is 2. The molecule has 0 aliphatic carbocycles. The number of piperidine rings is 1. The maximum Gasteiger partial charge on any atom is 0.410 e. The highest BCUT2D eigenvalue weighted by Crippen LogP contribution is 2.12. The van der Waals surface area contributed by atoms with Crippen molar-refractivity contribution in [1.82, 2.24) is 10.2 Å². The van der Waals surface area contributed by atoms with E-state index in [1.54, 1.807) is 19.1 Å². The summed E-state index contributed by atoms with van der Waals surface area (Å²) >= 11 is 0. The zero-order chi connectivity index (χ0) is 16.5. The number of nitrogens with one attached hydrogen (secondary N) is 1. The van der Waals surface area contributed by atoms with Crippen molar-refractivity contribution in [2.24, 2.45) is 0 Å². The summed E-state index contributed by atoms with van der Waals surface area (Å²) in [6, 6.07) is 9.95. The summed E-state index contributed by atoms with van der Waals surface area (Å²) in [6.07, 6.45) is 1.47. The van der Waals surface area contributed by atoms with Crippen LogP contribution in [0.15, 0.2) is 30.3 Å². The lowest BCUT2D eigenvalue weighted by Gasteiger charge is -2.33. The number of carbonyl (C=O) groups excluding carboxylic acids is 1. The maximum atomic E-state index is 12.2. The van der Waals surface area contributed by atoms with Crippen molar-refractivity contribution in [1.29, 1.82) is 0 Å². The van der Waals surface area contributed by atoms with Crippen LogP contribution in [-0.2, 0) is 20.8 Å². The van der Waals surface area contributed by atoms with Gasteiger partial charge in [0, 0.05) is 39.9 Å². The number of hydrogen-bond donors (Lipinski definition) is 1. The van der Waals surface area contributed by atoms with Crippen LogP contribution in [0.1, 0.15) is 18.4 Å². The summed E-state index contributed by atoms with van der Waals surface area (Å²) in [6.45, 7) is 2.30. The maximum absolute atomic E-state index is 12.2. The smallest absolute Gasteiger partial charge is 0.410 e. The van der Waals surface area contributed by atoms with Crippen LogP contribution in [0.5, 0.6) is 0 Å². The van der Waals surface area contributed by atoms with E-state index in [0.717, 1.165) is 24.9 Å². The minimum atomic E-state index is -0.268. The fraction of sp³-hybridized carbons (Fsp3) is 0.588. The first-order chi connectivity index (χ1) is 11.2. The number of amides is 1. The van der Waals surface area contributed by atoms with Crippen LogP contribution < -0.4 is 5.32 Å². The number of nitrogens with zero attached hydrogens (tertiary/aromatic N) is 1. The Bertz CT molecular complexity index is 465. The van der Waals surface area contributed by atoms with Gasteiger partial charge in [0.2, 0.25) is 0 Å². The van der Waals surface area contributed by atoms with E-state index in [1.807, 2.05) is 30.3 Å². The molecule has 0 bridgehead atoms. The predicted octanol–water partition coefficient (Wildman–Crippen LogP) is 2.00. The van der Waals surface area contributed by atoms with Crippen LogP contribution in [0, 0.1) is 0 Å². The lowest BCUT2D eigenvalue weighted by atomic mass is 10.1. The Morgan fingerprint density at radius 2 is 2.04 bits per heavy atom. The number of likely N-dealkylation sites (tertiary alicyclic amines) is 1. The molecule has 1 heterocycles. The fourth-order valence-corrected chi connectivity index (χ4v) is 2.65. The molecular weight excluding hydrogens is 296 g/mol. The van der Waals surface area contributed by atoms with Gasteiger partial charge in [-0.25, -0.2) is 4.79 Å². The molecule has 6 heteroatoms. The van der Waals surface area contributed by atoms with Gasteiger partial charge in [-0.05, 0) is 18.4 Å². The Morgan fingerprint density at radius 1 is 1.30 bits per heavy atom. The van der Waals surface area contributed by atoms with Gasteiger partial charge in [0.15, 0.2) is 6.29 Å². The van der Waals surface area contributed by atoms with Crippen molar-refractivity contribution in [3.05, 3.63) is 35.9 Å². The molecule has 23 heavy (non-hydrogen) atoms. The molecule has 0 radical (unpaired) electrons. The second kappa shape index (κ2) is 9.50. The number of rotatable bonds is 7. The van der Waals surface area contributed by atoms with Crippen molar-refractivity contribution >= 4 is 6.09 Å². The Labute approximate surface area is 137 Å². The Hall–Kier alpha value is -1.63. The van der Waals surface area contributed by atoms with Gasteiger partial charge < -0.3 is 24.4 Å². The zero-order valence-corrected chi connectivity index (χ0v) is 13.9. The summed E-state index contributed by atoms with van der Waals surface area (Å²) < 4.78 is 15.7. The Kier molecular flexibility index (Phi) is 7.32. The molecule has 1 aromatic carbocycles. The third-order valence-corrected chi connectivity index (χ3v) is 3.98. The number of benzene rings is 1. The van der Waals surface area contributed by atoms with Gasteiger partial charge in [0.25, 0.3) is 0 Å². The third kappa shape index (κ3) is 5.82. The average molecular weight is 322 g/mol. The molecular formula is C17H26N2O4. The summed E-state index contributed by atoms with van der Waals surface area (Å²) in [5, 5.41) is 3.38. The van der Waals surface area contributed by atoms with Crippen molar-refractivity contribution in [3.8, 4) is 0 Å². The second-order valence-electron chi connectivity index (χ2n) is 5.63. The highest BCUT2D eigenvalue weighted by Gasteiger charge is 2.25. The average Bonchev–Trinajstić information content (AvgIpc) is 2.61. The topological polar surface area (TPSA) is 60.0 Å². The predicted molar refractivity (Wildman–Crippen MR) is 87.0 cm³/mol. The molecule has 1 amide bonds. The zero-order valence-electron chi connectivity index (χ0n) is 13.9. The molecule has 1 atom stereocenters. The molecule has 0 saturated carbocycles. The summed E-state index contributed by atoms with van der Waals surface area (Å²) in [5.41, 5.74) is 0.996. The quantitative estimate of drug-likeness (QED) is 0.778. The lowest BCUT2D eigenvalue weighted by molar-refractivity contribution is -0.100. The van der Waals surface area contributed by atoms with Gasteiger partial charge in [0.1, 0.15) is 6.61 Å². The third-order valence-electron chi connectivity index (χ3n) is 3.98. The van der Waals surface area contributed by atoms with E-state index in [4.69, 9.17) is 14.2 Å². The molecule has 1 saturated heterocycles. The highest BCUT2D eigenvalue weighted by atomic mass is 16.7. The second-order valence-corrected chi connectivity index (χ2v) is 5.63. The van der Waals surface area contributed by atoms with E-state index in [9.17, 15) is 4.79 Å². The van der Waals surface area contributed by atoms with Crippen LogP contribution in [0.3, 0.4) is 0 Å². The van der Waals surface area contributed by atoms with Crippen molar-refractivity contribution < 1.29 is 19.0 Å². The summed E-state index contributed by atoms with van der Waals surface area (Å²) in [4.78, 5) is 14.0. The standard InChI is InChI=1S/C17H26N2O4/c1-21-16(22-2)11-18-15-9-6-10-19(12-15)17(20)23-13-14-7-4-3-5-8-14/h3-5,7-8,15-16,18H,6,9-13H2,1-2H3. The first-order valence-corrected chi connectivity index (χ1v) is 7.97. The monoisotopic (exact) mass is 322 g/mol.